The third kappa shape index (κ3) is 2.20. The average molecular weight is 295 g/mol. The Kier molecular flexibility index (Phi) is 3.35. The highest BCUT2D eigenvalue weighted by atomic mass is 16.6. The standard InChI is InChI=1S/C15H13N5O2/c1-4-11-12(21-3)6-5-9(18-11)7-10-8(2)17-15-14(13(10)16)19-22-20-15/h1,5-6H,7,16H2,2-3H3. The molecule has 3 heterocycles. The molecule has 3 aromatic rings. The van der Waals surface area contributed by atoms with Crippen LogP contribution in [0, 0.1) is 19.3 Å². The lowest BCUT2D eigenvalue weighted by atomic mass is 10.0. The third-order valence-electron chi connectivity index (χ3n) is 3.39. The van der Waals surface area contributed by atoms with Crippen molar-refractivity contribution in [3.63, 3.8) is 0 Å². The van der Waals surface area contributed by atoms with E-state index in [2.05, 4.69) is 30.8 Å². The SMILES string of the molecule is C#Cc1nc(Cc2c(C)nc3nonc3c2N)ccc1OC. The summed E-state index contributed by atoms with van der Waals surface area (Å²) in [5.41, 5.74) is 10.3. The van der Waals surface area contributed by atoms with Gasteiger partial charge in [-0.15, -0.1) is 6.42 Å². The summed E-state index contributed by atoms with van der Waals surface area (Å²) in [7, 11) is 1.55. The molecule has 3 aromatic heterocycles. The van der Waals surface area contributed by atoms with Gasteiger partial charge in [0.1, 0.15) is 0 Å². The zero-order valence-corrected chi connectivity index (χ0v) is 12.1. The first-order valence-electron chi connectivity index (χ1n) is 6.51. The van der Waals surface area contributed by atoms with Gasteiger partial charge < -0.3 is 10.5 Å². The fraction of sp³-hybridized carbons (Fsp3) is 0.200. The number of hydrogen-bond acceptors (Lipinski definition) is 7. The lowest BCUT2D eigenvalue weighted by molar-refractivity contribution is 0.315. The van der Waals surface area contributed by atoms with Gasteiger partial charge >= 0.3 is 0 Å². The van der Waals surface area contributed by atoms with Crippen LogP contribution in [0.4, 0.5) is 5.69 Å². The Bertz CT molecular complexity index is 895. The van der Waals surface area contributed by atoms with Gasteiger partial charge in [0.15, 0.2) is 17.0 Å². The highest BCUT2D eigenvalue weighted by Crippen LogP contribution is 2.26. The maximum atomic E-state index is 6.14. The second-order valence-electron chi connectivity index (χ2n) is 4.70. The van der Waals surface area contributed by atoms with E-state index in [1.54, 1.807) is 13.2 Å². The number of nitrogens with zero attached hydrogens (tertiary/aromatic N) is 4. The molecule has 0 radical (unpaired) electrons. The first kappa shape index (κ1) is 13.8. The summed E-state index contributed by atoms with van der Waals surface area (Å²) in [6.07, 6.45) is 5.93. The van der Waals surface area contributed by atoms with E-state index >= 15 is 0 Å². The third-order valence-corrected chi connectivity index (χ3v) is 3.39. The van der Waals surface area contributed by atoms with Gasteiger partial charge in [-0.3, -0.25) is 0 Å². The van der Waals surface area contributed by atoms with Crippen molar-refractivity contribution in [2.24, 2.45) is 0 Å². The molecule has 0 unspecified atom stereocenters. The molecule has 0 aliphatic carbocycles. The summed E-state index contributed by atoms with van der Waals surface area (Å²) in [5.74, 6) is 3.07. The second kappa shape index (κ2) is 5.33. The van der Waals surface area contributed by atoms with Crippen LogP contribution in [0.25, 0.3) is 11.2 Å². The van der Waals surface area contributed by atoms with Gasteiger partial charge in [-0.1, -0.05) is 0 Å². The minimum absolute atomic E-state index is 0.394. The number of aryl methyl sites for hydroxylation is 1. The number of rotatable bonds is 3. The van der Waals surface area contributed by atoms with E-state index < -0.39 is 0 Å². The molecule has 0 spiro atoms. The van der Waals surface area contributed by atoms with Crippen molar-refractivity contribution in [1.29, 1.82) is 0 Å². The number of methoxy groups -OCH3 is 1. The molecule has 7 heteroatoms. The number of aromatic nitrogens is 4. The number of ether oxygens (including phenoxy) is 1. The predicted molar refractivity (Wildman–Crippen MR) is 80.3 cm³/mol. The van der Waals surface area contributed by atoms with Crippen molar-refractivity contribution >= 4 is 16.9 Å². The van der Waals surface area contributed by atoms with Gasteiger partial charge in [0.05, 0.1) is 12.8 Å². The number of anilines is 1. The zero-order chi connectivity index (χ0) is 15.7. The van der Waals surface area contributed by atoms with Crippen molar-refractivity contribution in [3.05, 3.63) is 34.8 Å². The largest absolute Gasteiger partial charge is 0.494 e. The first-order chi connectivity index (χ1) is 10.6. The molecule has 0 aliphatic heterocycles. The number of pyridine rings is 2. The predicted octanol–water partition coefficient (Wildman–Crippen LogP) is 1.48. The van der Waals surface area contributed by atoms with Crippen molar-refractivity contribution in [3.8, 4) is 18.1 Å². The summed E-state index contributed by atoms with van der Waals surface area (Å²) >= 11 is 0. The van der Waals surface area contributed by atoms with E-state index in [0.717, 1.165) is 17.0 Å². The normalized spacial score (nSPS) is 10.6. The van der Waals surface area contributed by atoms with Crippen LogP contribution in [0.3, 0.4) is 0 Å². The molecule has 0 saturated carbocycles. The summed E-state index contributed by atoms with van der Waals surface area (Å²) in [5, 5.41) is 7.48. The van der Waals surface area contributed by atoms with E-state index in [4.69, 9.17) is 16.9 Å². The average Bonchev–Trinajstić information content (AvgIpc) is 2.99. The van der Waals surface area contributed by atoms with E-state index in [0.29, 0.717) is 34.7 Å². The van der Waals surface area contributed by atoms with Gasteiger partial charge in [-0.25, -0.2) is 14.6 Å². The van der Waals surface area contributed by atoms with Crippen LogP contribution in [-0.4, -0.2) is 27.4 Å². The number of hydrogen-bond donors (Lipinski definition) is 1. The number of nitrogen functional groups attached to an aromatic ring is 1. The Morgan fingerprint density at radius 2 is 2.14 bits per heavy atom. The van der Waals surface area contributed by atoms with E-state index in [1.807, 2.05) is 13.0 Å². The summed E-state index contributed by atoms with van der Waals surface area (Å²) < 4.78 is 9.83. The fourth-order valence-corrected chi connectivity index (χ4v) is 2.25. The van der Waals surface area contributed by atoms with Gasteiger partial charge in [0.2, 0.25) is 5.65 Å². The van der Waals surface area contributed by atoms with E-state index in [-0.39, 0.29) is 0 Å². The molecule has 0 atom stereocenters. The van der Waals surface area contributed by atoms with Crippen LogP contribution < -0.4 is 10.5 Å². The summed E-state index contributed by atoms with van der Waals surface area (Å²) in [6, 6.07) is 3.62. The Morgan fingerprint density at radius 1 is 1.32 bits per heavy atom. The minimum Gasteiger partial charge on any atom is -0.494 e. The molecule has 0 amide bonds. The minimum atomic E-state index is 0.394. The molecular formula is C15H13N5O2. The molecule has 7 nitrogen and oxygen atoms in total. The highest BCUT2D eigenvalue weighted by molar-refractivity contribution is 5.85. The molecule has 3 rings (SSSR count). The highest BCUT2D eigenvalue weighted by Gasteiger charge is 2.15. The number of terminal acetylenes is 1. The quantitative estimate of drug-likeness (QED) is 0.730. The molecule has 0 saturated heterocycles. The van der Waals surface area contributed by atoms with Gasteiger partial charge in [0.25, 0.3) is 0 Å². The Morgan fingerprint density at radius 3 is 2.86 bits per heavy atom. The molecule has 0 fully saturated rings. The van der Waals surface area contributed by atoms with E-state index in [1.165, 1.54) is 0 Å². The molecular weight excluding hydrogens is 282 g/mol. The fourth-order valence-electron chi connectivity index (χ4n) is 2.25. The van der Waals surface area contributed by atoms with Crippen LogP contribution in [0.2, 0.25) is 0 Å². The van der Waals surface area contributed by atoms with Crippen LogP contribution in [0.15, 0.2) is 16.8 Å². The van der Waals surface area contributed by atoms with Crippen molar-refractivity contribution in [2.75, 3.05) is 12.8 Å². The van der Waals surface area contributed by atoms with Gasteiger partial charge in [0, 0.05) is 23.4 Å². The van der Waals surface area contributed by atoms with Crippen LogP contribution >= 0.6 is 0 Å². The first-order valence-corrected chi connectivity index (χ1v) is 6.51. The number of fused-ring (bicyclic) bond motifs is 1. The second-order valence-corrected chi connectivity index (χ2v) is 4.70. The molecule has 0 aromatic carbocycles. The van der Waals surface area contributed by atoms with Crippen LogP contribution in [-0.2, 0) is 6.42 Å². The number of nitrogens with two attached hydrogens (primary N) is 1. The van der Waals surface area contributed by atoms with Crippen molar-refractivity contribution in [1.82, 2.24) is 20.3 Å². The topological polar surface area (TPSA) is 100.0 Å². The van der Waals surface area contributed by atoms with Gasteiger partial charge in [-0.2, -0.15) is 0 Å². The lowest BCUT2D eigenvalue weighted by Crippen LogP contribution is -2.04. The zero-order valence-electron chi connectivity index (χ0n) is 12.1. The maximum absolute atomic E-state index is 6.14. The monoisotopic (exact) mass is 295 g/mol. The molecule has 22 heavy (non-hydrogen) atoms. The molecule has 0 bridgehead atoms. The summed E-state index contributed by atoms with van der Waals surface area (Å²) in [6.45, 7) is 1.85. The van der Waals surface area contributed by atoms with Crippen molar-refractivity contribution < 1.29 is 9.37 Å². The lowest BCUT2D eigenvalue weighted by Gasteiger charge is -2.09. The smallest absolute Gasteiger partial charge is 0.226 e. The molecule has 110 valence electrons. The Labute approximate surface area is 126 Å². The molecule has 0 aliphatic rings. The van der Waals surface area contributed by atoms with Crippen LogP contribution in [0.5, 0.6) is 5.75 Å². The van der Waals surface area contributed by atoms with E-state index in [9.17, 15) is 0 Å². The Balaban J connectivity index is 2.05. The summed E-state index contributed by atoms with van der Waals surface area (Å²) in [4.78, 5) is 8.73. The van der Waals surface area contributed by atoms with Crippen molar-refractivity contribution in [2.45, 2.75) is 13.3 Å². The van der Waals surface area contributed by atoms with Crippen LogP contribution in [0.1, 0.15) is 22.6 Å². The maximum Gasteiger partial charge on any atom is 0.226 e. The Hall–Kier alpha value is -3.14. The molecule has 2 N–H and O–H groups in total. The van der Waals surface area contributed by atoms with Gasteiger partial charge in [-0.05, 0) is 35.3 Å².